The van der Waals surface area contributed by atoms with Gasteiger partial charge in [0.25, 0.3) is 0 Å². The molecule has 0 radical (unpaired) electrons. The predicted octanol–water partition coefficient (Wildman–Crippen LogP) is 5.18. The summed E-state index contributed by atoms with van der Waals surface area (Å²) >= 11 is 3.43. The van der Waals surface area contributed by atoms with Gasteiger partial charge < -0.3 is 15.0 Å². The van der Waals surface area contributed by atoms with Crippen LogP contribution in [0.25, 0.3) is 0 Å². The fourth-order valence-corrected chi connectivity index (χ4v) is 5.68. The molecule has 0 aliphatic carbocycles. The van der Waals surface area contributed by atoms with Crippen molar-refractivity contribution in [3.63, 3.8) is 0 Å². The van der Waals surface area contributed by atoms with Crippen LogP contribution in [0.5, 0.6) is 5.75 Å². The van der Waals surface area contributed by atoms with Crippen molar-refractivity contribution >= 4 is 43.5 Å². The summed E-state index contributed by atoms with van der Waals surface area (Å²) < 4.78 is 33.7. The average molecular weight is 665 g/mol. The van der Waals surface area contributed by atoms with Crippen molar-refractivity contribution in [1.82, 2.24) is 10.2 Å². The van der Waals surface area contributed by atoms with Gasteiger partial charge in [0.2, 0.25) is 21.8 Å². The number of rotatable bonds is 13. The molecule has 0 heterocycles. The van der Waals surface area contributed by atoms with Crippen LogP contribution in [0.3, 0.4) is 0 Å². The molecule has 0 saturated carbocycles. The second-order valence-electron chi connectivity index (χ2n) is 10.0. The Hall–Kier alpha value is -4.15. The largest absolute Gasteiger partial charge is 0.489 e. The van der Waals surface area contributed by atoms with Gasteiger partial charge in [0.05, 0.1) is 11.9 Å². The molecule has 43 heavy (non-hydrogen) atoms. The summed E-state index contributed by atoms with van der Waals surface area (Å²) in [5.41, 5.74) is 2.98. The van der Waals surface area contributed by atoms with E-state index in [9.17, 15) is 18.0 Å². The Labute approximate surface area is 261 Å². The minimum atomic E-state index is -3.87. The van der Waals surface area contributed by atoms with E-state index >= 15 is 0 Å². The number of hydrogen-bond acceptors (Lipinski definition) is 5. The van der Waals surface area contributed by atoms with Crippen LogP contribution in [0, 0.1) is 0 Å². The molecule has 0 saturated heterocycles. The molecule has 0 fully saturated rings. The van der Waals surface area contributed by atoms with Crippen LogP contribution < -0.4 is 14.4 Å². The van der Waals surface area contributed by atoms with Gasteiger partial charge in [-0.05, 0) is 53.1 Å². The van der Waals surface area contributed by atoms with E-state index < -0.39 is 28.5 Å². The van der Waals surface area contributed by atoms with Gasteiger partial charge in [0.1, 0.15) is 24.9 Å². The third-order valence-electron chi connectivity index (χ3n) is 6.84. The summed E-state index contributed by atoms with van der Waals surface area (Å²) in [4.78, 5) is 28.7. The number of nitrogens with zero attached hydrogens (tertiary/aromatic N) is 2. The second-order valence-corrected chi connectivity index (χ2v) is 12.8. The third kappa shape index (κ3) is 9.17. The Morgan fingerprint density at radius 1 is 0.814 bits per heavy atom. The van der Waals surface area contributed by atoms with Gasteiger partial charge >= 0.3 is 0 Å². The van der Waals surface area contributed by atoms with Gasteiger partial charge in [-0.15, -0.1) is 0 Å². The smallest absolute Gasteiger partial charge is 0.244 e. The Bertz CT molecular complexity index is 1600. The SMILES string of the molecule is CNC(=O)[C@H](Cc1ccccc1)N(Cc1ccc(Br)cc1)C(=O)CN(c1ccc(OCc2ccccc2)cc1)S(C)(=O)=O. The van der Waals surface area contributed by atoms with Crippen LogP contribution in [-0.2, 0) is 39.2 Å². The molecule has 0 bridgehead atoms. The molecule has 1 N–H and O–H groups in total. The van der Waals surface area contributed by atoms with Crippen LogP contribution in [0.2, 0.25) is 0 Å². The van der Waals surface area contributed by atoms with Crippen molar-refractivity contribution < 1.29 is 22.7 Å². The Morgan fingerprint density at radius 2 is 1.40 bits per heavy atom. The fraction of sp³-hybridized carbons (Fsp3) is 0.212. The highest BCUT2D eigenvalue weighted by atomic mass is 79.9. The molecule has 1 atom stereocenters. The van der Waals surface area contributed by atoms with Crippen molar-refractivity contribution in [2.45, 2.75) is 25.6 Å². The van der Waals surface area contributed by atoms with Crippen LogP contribution in [0.1, 0.15) is 16.7 Å². The van der Waals surface area contributed by atoms with Crippen LogP contribution in [0.15, 0.2) is 114 Å². The number of sulfonamides is 1. The Morgan fingerprint density at radius 3 is 1.95 bits per heavy atom. The lowest BCUT2D eigenvalue weighted by Crippen LogP contribution is -2.52. The number of anilines is 1. The molecule has 4 rings (SSSR count). The molecule has 0 unspecified atom stereocenters. The van der Waals surface area contributed by atoms with E-state index in [4.69, 9.17) is 4.74 Å². The molecular weight excluding hydrogens is 630 g/mol. The zero-order chi connectivity index (χ0) is 30.8. The first-order chi connectivity index (χ1) is 20.6. The van der Waals surface area contributed by atoms with Crippen LogP contribution in [0.4, 0.5) is 5.69 Å². The molecule has 10 heteroatoms. The Kier molecular flexibility index (Phi) is 11.0. The summed E-state index contributed by atoms with van der Waals surface area (Å²) in [6.07, 6.45) is 1.31. The van der Waals surface area contributed by atoms with Gasteiger partial charge in [0.15, 0.2) is 0 Å². The maximum Gasteiger partial charge on any atom is 0.244 e. The molecule has 0 spiro atoms. The van der Waals surface area contributed by atoms with Crippen molar-refractivity contribution in [2.75, 3.05) is 24.2 Å². The number of carbonyl (C=O) groups is 2. The molecule has 224 valence electrons. The summed E-state index contributed by atoms with van der Waals surface area (Å²) in [5, 5.41) is 2.67. The van der Waals surface area contributed by atoms with Crippen LogP contribution >= 0.6 is 15.9 Å². The van der Waals surface area contributed by atoms with Crippen LogP contribution in [-0.4, -0.2) is 51.0 Å². The maximum absolute atomic E-state index is 14.0. The van der Waals surface area contributed by atoms with E-state index in [1.54, 1.807) is 24.3 Å². The van der Waals surface area contributed by atoms with Gasteiger partial charge in [-0.3, -0.25) is 13.9 Å². The van der Waals surface area contributed by atoms with Crippen molar-refractivity contribution in [1.29, 1.82) is 0 Å². The molecule has 0 aromatic heterocycles. The van der Waals surface area contributed by atoms with Crippen molar-refractivity contribution in [3.05, 3.63) is 130 Å². The van der Waals surface area contributed by atoms with E-state index in [-0.39, 0.29) is 18.9 Å². The normalized spacial score (nSPS) is 11.8. The second kappa shape index (κ2) is 14.8. The zero-order valence-corrected chi connectivity index (χ0v) is 26.4. The lowest BCUT2D eigenvalue weighted by molar-refractivity contribution is -0.139. The highest BCUT2D eigenvalue weighted by Gasteiger charge is 2.32. The summed E-state index contributed by atoms with van der Waals surface area (Å²) in [6.45, 7) is -0.00939. The molecule has 0 aliphatic rings. The molecule has 8 nitrogen and oxygen atoms in total. The number of amides is 2. The minimum absolute atomic E-state index is 0.112. The zero-order valence-electron chi connectivity index (χ0n) is 24.0. The van der Waals surface area contributed by atoms with E-state index in [0.29, 0.717) is 18.0 Å². The first-order valence-electron chi connectivity index (χ1n) is 13.7. The Balaban J connectivity index is 1.61. The van der Waals surface area contributed by atoms with Gasteiger partial charge in [-0.2, -0.15) is 0 Å². The monoisotopic (exact) mass is 663 g/mol. The number of hydrogen-bond donors (Lipinski definition) is 1. The van der Waals surface area contributed by atoms with E-state index in [1.165, 1.54) is 11.9 Å². The predicted molar refractivity (Wildman–Crippen MR) is 172 cm³/mol. The summed E-state index contributed by atoms with van der Waals surface area (Å²) in [5.74, 6) is -0.297. The molecule has 4 aromatic rings. The number of halogens is 1. The van der Waals surface area contributed by atoms with Crippen molar-refractivity contribution in [3.8, 4) is 5.75 Å². The minimum Gasteiger partial charge on any atom is -0.489 e. The summed E-state index contributed by atoms with van der Waals surface area (Å²) in [7, 11) is -2.34. The highest BCUT2D eigenvalue weighted by Crippen LogP contribution is 2.24. The number of ether oxygens (including phenoxy) is 1. The van der Waals surface area contributed by atoms with Crippen molar-refractivity contribution in [2.24, 2.45) is 0 Å². The number of benzene rings is 4. The van der Waals surface area contributed by atoms with E-state index in [0.717, 1.165) is 31.7 Å². The number of nitrogens with one attached hydrogen (secondary N) is 1. The fourth-order valence-electron chi connectivity index (χ4n) is 4.57. The number of likely N-dealkylation sites (N-methyl/N-ethyl adjacent to an activating group) is 1. The topological polar surface area (TPSA) is 96.0 Å². The first-order valence-corrected chi connectivity index (χ1v) is 16.3. The molecule has 0 aliphatic heterocycles. The van der Waals surface area contributed by atoms with Gasteiger partial charge in [-0.1, -0.05) is 88.7 Å². The average Bonchev–Trinajstić information content (AvgIpc) is 3.01. The first kappa shape index (κ1) is 31.8. The van der Waals surface area contributed by atoms with Gasteiger partial charge in [-0.25, -0.2) is 8.42 Å². The molecule has 2 amide bonds. The maximum atomic E-state index is 14.0. The third-order valence-corrected chi connectivity index (χ3v) is 8.51. The highest BCUT2D eigenvalue weighted by molar-refractivity contribution is 9.10. The van der Waals surface area contributed by atoms with Gasteiger partial charge in [0, 0.05) is 24.5 Å². The number of carbonyl (C=O) groups excluding carboxylic acids is 2. The quantitative estimate of drug-likeness (QED) is 0.213. The lowest BCUT2D eigenvalue weighted by atomic mass is 10.0. The van der Waals surface area contributed by atoms with E-state index in [1.807, 2.05) is 84.9 Å². The summed E-state index contributed by atoms with van der Waals surface area (Å²) in [6, 6.07) is 32.2. The molecule has 4 aromatic carbocycles. The standard InChI is InChI=1S/C33H34BrN3O5S/c1-35-33(39)31(21-25-9-5-3-6-10-25)36(22-26-13-15-28(34)16-14-26)32(38)23-37(43(2,40)41)29-17-19-30(20-18-29)42-24-27-11-7-4-8-12-27/h3-20,31H,21-24H2,1-2H3,(H,35,39)/t31-/m0/s1. The lowest BCUT2D eigenvalue weighted by Gasteiger charge is -2.33. The molecular formula is C33H34BrN3O5S. The van der Waals surface area contributed by atoms with E-state index in [2.05, 4.69) is 21.2 Å².